The van der Waals surface area contributed by atoms with E-state index in [4.69, 9.17) is 0 Å². The van der Waals surface area contributed by atoms with Crippen LogP contribution in [0.5, 0.6) is 0 Å². The van der Waals surface area contributed by atoms with Crippen molar-refractivity contribution in [2.75, 3.05) is 13.1 Å². The van der Waals surface area contributed by atoms with Crippen LogP contribution in [0.15, 0.2) is 72.8 Å². The topological polar surface area (TPSA) is 52.6 Å². The molecule has 0 spiro atoms. The van der Waals surface area contributed by atoms with Crippen LogP contribution in [0.2, 0.25) is 0 Å². The van der Waals surface area contributed by atoms with Crippen molar-refractivity contribution < 1.29 is 9.90 Å². The molecule has 1 saturated heterocycles. The zero-order chi connectivity index (χ0) is 23.3. The highest BCUT2D eigenvalue weighted by molar-refractivity contribution is 5.87. The summed E-state index contributed by atoms with van der Waals surface area (Å²) >= 11 is 0. The Morgan fingerprint density at radius 2 is 1.59 bits per heavy atom. The van der Waals surface area contributed by atoms with E-state index in [9.17, 15) is 9.90 Å². The van der Waals surface area contributed by atoms with Gasteiger partial charge in [0, 0.05) is 31.1 Å². The molecule has 0 radical (unpaired) electrons. The molecule has 0 aromatic heterocycles. The van der Waals surface area contributed by atoms with E-state index >= 15 is 0 Å². The van der Waals surface area contributed by atoms with E-state index in [1.807, 2.05) is 30.3 Å². The number of carbonyl (C=O) groups excluding carboxylic acids is 1. The molecule has 3 unspecified atom stereocenters. The highest BCUT2D eigenvalue weighted by atomic mass is 16.3. The van der Waals surface area contributed by atoms with Gasteiger partial charge in [-0.1, -0.05) is 85.6 Å². The maximum absolute atomic E-state index is 13.5. The lowest BCUT2D eigenvalue weighted by Crippen LogP contribution is -2.51. The summed E-state index contributed by atoms with van der Waals surface area (Å²) in [6, 6.07) is 25.3. The van der Waals surface area contributed by atoms with E-state index < -0.39 is 5.60 Å². The second-order valence-electron chi connectivity index (χ2n) is 10.6. The Bertz CT molecular complexity index is 1170. The molecule has 3 fully saturated rings. The van der Waals surface area contributed by atoms with Crippen molar-refractivity contribution in [1.29, 1.82) is 0 Å². The van der Waals surface area contributed by atoms with E-state index in [0.29, 0.717) is 17.9 Å². The Morgan fingerprint density at radius 1 is 0.941 bits per heavy atom. The van der Waals surface area contributed by atoms with Crippen molar-refractivity contribution in [1.82, 2.24) is 10.2 Å². The van der Waals surface area contributed by atoms with Crippen LogP contribution < -0.4 is 5.32 Å². The van der Waals surface area contributed by atoms with Crippen LogP contribution in [0.25, 0.3) is 10.8 Å². The number of hydrogen-bond acceptors (Lipinski definition) is 3. The highest BCUT2D eigenvalue weighted by Gasteiger charge is 2.59. The van der Waals surface area contributed by atoms with Crippen LogP contribution in [0.3, 0.4) is 0 Å². The third kappa shape index (κ3) is 3.55. The second-order valence-corrected chi connectivity index (χ2v) is 10.6. The first kappa shape index (κ1) is 21.8. The SMILES string of the molecule is CC(c1cccc2ccccc12)N1CC2[C@@H](C1)[C@@H]2NC(=O)C(O)(c1ccccc1)C1CCCC1. The van der Waals surface area contributed by atoms with Gasteiger partial charge in [0.15, 0.2) is 5.60 Å². The number of benzene rings is 3. The van der Waals surface area contributed by atoms with Gasteiger partial charge in [-0.25, -0.2) is 0 Å². The summed E-state index contributed by atoms with van der Waals surface area (Å²) in [5.74, 6) is 0.755. The monoisotopic (exact) mass is 454 g/mol. The zero-order valence-corrected chi connectivity index (χ0v) is 19.9. The minimum atomic E-state index is -1.43. The lowest BCUT2D eigenvalue weighted by Gasteiger charge is -2.34. The third-order valence-electron chi connectivity index (χ3n) is 8.85. The molecule has 2 saturated carbocycles. The lowest BCUT2D eigenvalue weighted by molar-refractivity contribution is -0.147. The van der Waals surface area contributed by atoms with Gasteiger partial charge < -0.3 is 10.4 Å². The van der Waals surface area contributed by atoms with Crippen LogP contribution in [-0.4, -0.2) is 35.0 Å². The first-order valence-corrected chi connectivity index (χ1v) is 12.9. The summed E-state index contributed by atoms with van der Waals surface area (Å²) in [5.41, 5.74) is 0.681. The van der Waals surface area contributed by atoms with E-state index in [-0.39, 0.29) is 17.9 Å². The fraction of sp³-hybridized carbons (Fsp3) is 0.433. The molecular formula is C30H34N2O2. The Balaban J connectivity index is 1.15. The van der Waals surface area contributed by atoms with Gasteiger partial charge >= 0.3 is 0 Å². The van der Waals surface area contributed by atoms with Crippen molar-refractivity contribution in [3.05, 3.63) is 83.9 Å². The first-order chi connectivity index (χ1) is 16.6. The van der Waals surface area contributed by atoms with Crippen LogP contribution in [0, 0.1) is 17.8 Å². The zero-order valence-electron chi connectivity index (χ0n) is 19.9. The van der Waals surface area contributed by atoms with Crippen LogP contribution in [-0.2, 0) is 10.4 Å². The summed E-state index contributed by atoms with van der Waals surface area (Å²) in [6.45, 7) is 4.29. The molecule has 3 aliphatic rings. The van der Waals surface area contributed by atoms with E-state index in [1.165, 1.54) is 16.3 Å². The molecule has 1 amide bonds. The summed E-state index contributed by atoms with van der Waals surface area (Å²) in [4.78, 5) is 16.1. The molecule has 0 bridgehead atoms. The third-order valence-corrected chi connectivity index (χ3v) is 8.85. The summed E-state index contributed by atoms with van der Waals surface area (Å²) in [7, 11) is 0. The largest absolute Gasteiger partial charge is 0.375 e. The lowest BCUT2D eigenvalue weighted by atomic mass is 9.79. The molecule has 2 aliphatic carbocycles. The fourth-order valence-electron chi connectivity index (χ4n) is 6.75. The minimum Gasteiger partial charge on any atom is -0.375 e. The van der Waals surface area contributed by atoms with Gasteiger partial charge in [0.05, 0.1) is 0 Å². The second kappa shape index (κ2) is 8.51. The molecule has 6 rings (SSSR count). The fourth-order valence-corrected chi connectivity index (χ4v) is 6.75. The summed E-state index contributed by atoms with van der Waals surface area (Å²) < 4.78 is 0. The Kier molecular flexibility index (Phi) is 5.46. The van der Waals surface area contributed by atoms with E-state index in [0.717, 1.165) is 44.3 Å². The van der Waals surface area contributed by atoms with Gasteiger partial charge in [-0.15, -0.1) is 0 Å². The van der Waals surface area contributed by atoms with Crippen molar-refractivity contribution in [3.63, 3.8) is 0 Å². The average molecular weight is 455 g/mol. The maximum atomic E-state index is 13.5. The Morgan fingerprint density at radius 3 is 2.32 bits per heavy atom. The van der Waals surface area contributed by atoms with Gasteiger partial charge in [-0.3, -0.25) is 9.69 Å². The molecular weight excluding hydrogens is 420 g/mol. The molecule has 5 atom stereocenters. The molecule has 4 heteroatoms. The van der Waals surface area contributed by atoms with Gasteiger partial charge in [-0.05, 0) is 53.5 Å². The average Bonchev–Trinajstić information content (AvgIpc) is 3.29. The molecule has 1 heterocycles. The first-order valence-electron chi connectivity index (χ1n) is 12.9. The quantitative estimate of drug-likeness (QED) is 0.550. The Hall–Kier alpha value is -2.69. The van der Waals surface area contributed by atoms with Crippen LogP contribution in [0.4, 0.5) is 0 Å². The summed E-state index contributed by atoms with van der Waals surface area (Å²) in [5, 5.41) is 17.7. The summed E-state index contributed by atoms with van der Waals surface area (Å²) in [6.07, 6.45) is 3.99. The number of aliphatic hydroxyl groups is 1. The molecule has 34 heavy (non-hydrogen) atoms. The molecule has 2 N–H and O–H groups in total. The minimum absolute atomic E-state index is 0.00336. The molecule has 4 nitrogen and oxygen atoms in total. The predicted molar refractivity (Wildman–Crippen MR) is 135 cm³/mol. The van der Waals surface area contributed by atoms with Crippen molar-refractivity contribution in [2.24, 2.45) is 17.8 Å². The van der Waals surface area contributed by atoms with Crippen molar-refractivity contribution in [3.8, 4) is 0 Å². The Labute approximate surface area is 202 Å². The number of nitrogens with zero attached hydrogens (tertiary/aromatic N) is 1. The number of nitrogens with one attached hydrogen (secondary N) is 1. The predicted octanol–water partition coefficient (Wildman–Crippen LogP) is 5.03. The highest BCUT2D eigenvalue weighted by Crippen LogP contribution is 2.49. The van der Waals surface area contributed by atoms with Crippen molar-refractivity contribution >= 4 is 16.7 Å². The number of carbonyl (C=O) groups is 1. The number of rotatable bonds is 6. The molecule has 3 aromatic rings. The number of likely N-dealkylation sites (tertiary alicyclic amines) is 1. The normalized spacial score (nSPS) is 27.3. The van der Waals surface area contributed by atoms with Crippen molar-refractivity contribution in [2.45, 2.75) is 50.3 Å². The maximum Gasteiger partial charge on any atom is 0.257 e. The standard InChI is InChI=1S/C30H34N2O2/c1-20(24-17-9-11-21-10-5-8-16-25(21)24)32-18-26-27(19-32)28(26)31-29(33)30(34,23-14-6-7-15-23)22-12-3-2-4-13-22/h2-5,8-13,16-17,20,23,26-28,34H,6-7,14-15,18-19H2,1H3,(H,31,33)/t20?,26-,27?,28+,30?/m1/s1. The molecule has 176 valence electrons. The number of piperidine rings is 1. The molecule has 3 aromatic carbocycles. The van der Waals surface area contributed by atoms with Crippen LogP contribution >= 0.6 is 0 Å². The van der Waals surface area contributed by atoms with E-state index in [1.54, 1.807) is 0 Å². The van der Waals surface area contributed by atoms with Gasteiger partial charge in [0.1, 0.15) is 0 Å². The smallest absolute Gasteiger partial charge is 0.257 e. The van der Waals surface area contributed by atoms with Gasteiger partial charge in [0.25, 0.3) is 5.91 Å². The van der Waals surface area contributed by atoms with E-state index in [2.05, 4.69) is 59.6 Å². The van der Waals surface area contributed by atoms with Gasteiger partial charge in [0.2, 0.25) is 0 Å². The molecule has 1 aliphatic heterocycles. The number of hydrogen-bond donors (Lipinski definition) is 2. The van der Waals surface area contributed by atoms with Gasteiger partial charge in [-0.2, -0.15) is 0 Å². The number of amides is 1. The number of fused-ring (bicyclic) bond motifs is 2. The van der Waals surface area contributed by atoms with Crippen LogP contribution in [0.1, 0.15) is 49.8 Å².